The van der Waals surface area contributed by atoms with Crippen molar-refractivity contribution in [2.45, 2.75) is 12.8 Å². The summed E-state index contributed by atoms with van der Waals surface area (Å²) < 4.78 is 0. The number of nitrogens with one attached hydrogen (secondary N) is 1. The molecule has 1 heterocycles. The molecule has 0 aromatic heterocycles. The Morgan fingerprint density at radius 3 is 2.29 bits per heavy atom. The second-order valence-corrected chi connectivity index (χ2v) is 8.52. The summed E-state index contributed by atoms with van der Waals surface area (Å²) in [5.74, 6) is 0.0684. The summed E-state index contributed by atoms with van der Waals surface area (Å²) in [7, 11) is 0. The van der Waals surface area contributed by atoms with E-state index in [1.807, 2.05) is 42.5 Å². The number of carbonyl (C=O) groups is 3. The van der Waals surface area contributed by atoms with Gasteiger partial charge in [-0.15, -0.1) is 0 Å². The molecule has 3 amide bonds. The standard InChI is InChI=1S/C23H20N2O3/c26-19(10-13-6-3-5-12-4-1-2-7-14(12)13)24-25-22(27)20-15-8-9-16(18-11-17(15)18)21(20)23(25)28/h1-9,15-18,20-21H,10-11H2,(H,24,26)/t15-,16-,17-,18-,20-,21+/m1/s1. The van der Waals surface area contributed by atoms with Crippen LogP contribution >= 0.6 is 0 Å². The third-order valence-electron chi connectivity index (χ3n) is 7.13. The molecular formula is C23H20N2O3. The second-order valence-electron chi connectivity index (χ2n) is 8.52. The van der Waals surface area contributed by atoms with Crippen molar-refractivity contribution >= 4 is 28.5 Å². The average molecular weight is 372 g/mol. The number of allylic oxidation sites excluding steroid dienone is 2. The molecule has 0 unspecified atom stereocenters. The van der Waals surface area contributed by atoms with E-state index in [2.05, 4.69) is 17.6 Å². The van der Waals surface area contributed by atoms with Crippen LogP contribution in [0.15, 0.2) is 54.6 Å². The van der Waals surface area contributed by atoms with Crippen LogP contribution in [0.1, 0.15) is 12.0 Å². The van der Waals surface area contributed by atoms with E-state index in [-0.39, 0.29) is 47.8 Å². The van der Waals surface area contributed by atoms with Gasteiger partial charge in [0.15, 0.2) is 0 Å². The zero-order valence-electron chi connectivity index (χ0n) is 15.2. The van der Waals surface area contributed by atoms with Crippen molar-refractivity contribution in [3.63, 3.8) is 0 Å². The Kier molecular flexibility index (Phi) is 3.17. The lowest BCUT2D eigenvalue weighted by atomic mass is 9.63. The molecule has 2 saturated carbocycles. The van der Waals surface area contributed by atoms with Crippen molar-refractivity contribution in [3.05, 3.63) is 60.2 Å². The molecule has 5 aliphatic rings. The van der Waals surface area contributed by atoms with Gasteiger partial charge in [0, 0.05) is 0 Å². The van der Waals surface area contributed by atoms with Crippen molar-refractivity contribution < 1.29 is 14.4 Å². The largest absolute Gasteiger partial charge is 0.273 e. The molecule has 6 atom stereocenters. The van der Waals surface area contributed by atoms with E-state index in [0.29, 0.717) is 11.8 Å². The summed E-state index contributed by atoms with van der Waals surface area (Å²) in [5, 5.41) is 3.09. The SMILES string of the molecule is O=C(Cc1cccc2ccccc12)NN1C(=O)[C@@H]2[C@@H]3C=C[C@H]([C@H]4C[C@H]34)[C@@H]2C1=O. The quantitative estimate of drug-likeness (QED) is 0.665. The Balaban J connectivity index is 1.23. The van der Waals surface area contributed by atoms with Gasteiger partial charge < -0.3 is 0 Å². The zero-order chi connectivity index (χ0) is 19.0. The minimum Gasteiger partial charge on any atom is -0.273 e. The van der Waals surface area contributed by atoms with E-state index in [9.17, 15) is 14.4 Å². The number of carbonyl (C=O) groups excluding carboxylic acids is 3. The molecule has 7 rings (SSSR count). The fraction of sp³-hybridized carbons (Fsp3) is 0.348. The number of hydrazine groups is 1. The molecule has 5 heteroatoms. The first-order valence-electron chi connectivity index (χ1n) is 9.96. The molecular weight excluding hydrogens is 352 g/mol. The van der Waals surface area contributed by atoms with Crippen LogP contribution in [0, 0.1) is 35.5 Å². The third kappa shape index (κ3) is 2.10. The van der Waals surface area contributed by atoms with E-state index >= 15 is 0 Å². The lowest BCUT2D eigenvalue weighted by molar-refractivity contribution is -0.149. The highest BCUT2D eigenvalue weighted by molar-refractivity contribution is 6.07. The van der Waals surface area contributed by atoms with Crippen molar-refractivity contribution in [1.82, 2.24) is 10.4 Å². The molecule has 2 aromatic rings. The first kappa shape index (κ1) is 16.0. The number of hydrogen-bond acceptors (Lipinski definition) is 3. The number of benzene rings is 2. The number of nitrogens with zero attached hydrogens (tertiary/aromatic N) is 1. The van der Waals surface area contributed by atoms with E-state index in [1.165, 1.54) is 0 Å². The normalized spacial score (nSPS) is 34.5. The van der Waals surface area contributed by atoms with Crippen LogP contribution in [0.2, 0.25) is 0 Å². The van der Waals surface area contributed by atoms with Gasteiger partial charge in [0.2, 0.25) is 5.91 Å². The fourth-order valence-corrected chi connectivity index (χ4v) is 5.85. The molecule has 2 bridgehead atoms. The summed E-state index contributed by atoms with van der Waals surface area (Å²) in [6.45, 7) is 0. The fourth-order valence-electron chi connectivity index (χ4n) is 5.85. The molecule has 1 N–H and O–H groups in total. The Hall–Kier alpha value is -2.95. The molecule has 3 fully saturated rings. The van der Waals surface area contributed by atoms with Gasteiger partial charge in [-0.05, 0) is 46.4 Å². The van der Waals surface area contributed by atoms with Crippen LogP contribution in [-0.2, 0) is 20.8 Å². The minimum absolute atomic E-state index is 0.129. The van der Waals surface area contributed by atoms with Gasteiger partial charge in [0.25, 0.3) is 11.8 Å². The molecule has 0 radical (unpaired) electrons. The maximum absolute atomic E-state index is 13.0. The van der Waals surface area contributed by atoms with E-state index in [1.54, 1.807) is 0 Å². The van der Waals surface area contributed by atoms with E-state index in [4.69, 9.17) is 0 Å². The van der Waals surface area contributed by atoms with Crippen LogP contribution < -0.4 is 5.43 Å². The average Bonchev–Trinajstić information content (AvgIpc) is 3.49. The van der Waals surface area contributed by atoms with Crippen molar-refractivity contribution in [3.8, 4) is 0 Å². The predicted molar refractivity (Wildman–Crippen MR) is 102 cm³/mol. The summed E-state index contributed by atoms with van der Waals surface area (Å²) in [5.41, 5.74) is 3.50. The van der Waals surface area contributed by atoms with Crippen LogP contribution in [0.5, 0.6) is 0 Å². The predicted octanol–water partition coefficient (Wildman–Crippen LogP) is 2.47. The molecule has 5 nitrogen and oxygen atoms in total. The number of fused-ring (bicyclic) bond motifs is 1. The van der Waals surface area contributed by atoms with E-state index in [0.717, 1.165) is 27.8 Å². The number of hydrogen-bond donors (Lipinski definition) is 1. The van der Waals surface area contributed by atoms with Gasteiger partial charge in [-0.3, -0.25) is 19.8 Å². The Morgan fingerprint density at radius 2 is 1.57 bits per heavy atom. The van der Waals surface area contributed by atoms with Crippen LogP contribution in [-0.4, -0.2) is 22.7 Å². The Labute approximate surface area is 162 Å². The zero-order valence-corrected chi connectivity index (χ0v) is 15.2. The molecule has 1 aliphatic heterocycles. The summed E-state index contributed by atoms with van der Waals surface area (Å²) in [4.78, 5) is 38.6. The topological polar surface area (TPSA) is 66.5 Å². The highest BCUT2D eigenvalue weighted by atomic mass is 16.2. The Morgan fingerprint density at radius 1 is 0.929 bits per heavy atom. The summed E-state index contributed by atoms with van der Waals surface area (Å²) >= 11 is 0. The number of imide groups is 1. The molecule has 28 heavy (non-hydrogen) atoms. The lowest BCUT2D eigenvalue weighted by Gasteiger charge is -2.37. The Bertz CT molecular complexity index is 1030. The second kappa shape index (κ2) is 5.53. The molecule has 0 spiro atoms. The first-order valence-corrected chi connectivity index (χ1v) is 9.96. The number of rotatable bonds is 3. The van der Waals surface area contributed by atoms with Gasteiger partial charge in [-0.2, -0.15) is 5.01 Å². The molecule has 4 aliphatic carbocycles. The van der Waals surface area contributed by atoms with Crippen molar-refractivity contribution in [1.29, 1.82) is 0 Å². The van der Waals surface area contributed by atoms with Crippen LogP contribution in [0.4, 0.5) is 0 Å². The van der Waals surface area contributed by atoms with Gasteiger partial charge >= 0.3 is 0 Å². The summed E-state index contributed by atoms with van der Waals surface area (Å²) in [6.07, 6.45) is 5.52. The maximum Gasteiger partial charge on any atom is 0.252 e. The monoisotopic (exact) mass is 372 g/mol. The van der Waals surface area contributed by atoms with Gasteiger partial charge in [0.1, 0.15) is 0 Å². The third-order valence-corrected chi connectivity index (χ3v) is 7.13. The van der Waals surface area contributed by atoms with Crippen molar-refractivity contribution in [2.24, 2.45) is 35.5 Å². The maximum atomic E-state index is 13.0. The molecule has 1 saturated heterocycles. The number of amides is 3. The van der Waals surface area contributed by atoms with Gasteiger partial charge in [0.05, 0.1) is 18.3 Å². The van der Waals surface area contributed by atoms with E-state index < -0.39 is 0 Å². The highest BCUT2D eigenvalue weighted by Crippen LogP contribution is 2.65. The van der Waals surface area contributed by atoms with Crippen molar-refractivity contribution in [2.75, 3.05) is 0 Å². The van der Waals surface area contributed by atoms with Crippen LogP contribution in [0.25, 0.3) is 10.8 Å². The highest BCUT2D eigenvalue weighted by Gasteiger charge is 2.67. The lowest BCUT2D eigenvalue weighted by Crippen LogP contribution is -2.47. The first-order chi connectivity index (χ1) is 13.6. The molecule has 140 valence electrons. The van der Waals surface area contributed by atoms with Crippen LogP contribution in [0.3, 0.4) is 0 Å². The van der Waals surface area contributed by atoms with Gasteiger partial charge in [-0.25, -0.2) is 0 Å². The van der Waals surface area contributed by atoms with Gasteiger partial charge in [-0.1, -0.05) is 54.6 Å². The summed E-state index contributed by atoms with van der Waals surface area (Å²) in [6, 6.07) is 13.7. The molecule has 2 aromatic carbocycles. The minimum atomic E-state index is -0.331. The smallest absolute Gasteiger partial charge is 0.252 e.